The number of phenols is 1. The molecule has 0 saturated heterocycles. The Morgan fingerprint density at radius 2 is 1.53 bits per heavy atom. The minimum atomic E-state index is 0.0288. The molecule has 0 amide bonds. The lowest BCUT2D eigenvalue weighted by molar-refractivity contribution is 0.386. The van der Waals surface area contributed by atoms with Crippen molar-refractivity contribution >= 4 is 0 Å². The second-order valence-electron chi connectivity index (χ2n) is 6.62. The van der Waals surface area contributed by atoms with E-state index in [0.717, 1.165) is 22.7 Å². The summed E-state index contributed by atoms with van der Waals surface area (Å²) in [5.74, 6) is 1.76. The maximum atomic E-state index is 10.7. The van der Waals surface area contributed by atoms with Gasteiger partial charge in [-0.3, -0.25) is 0 Å². The monoisotopic (exact) mass is 402 g/mol. The largest absolute Gasteiger partial charge is 0.507 e. The Labute approximate surface area is 174 Å². The molecule has 0 spiro atoms. The molecule has 0 aliphatic heterocycles. The maximum absolute atomic E-state index is 10.7. The predicted molar refractivity (Wildman–Crippen MR) is 116 cm³/mol. The van der Waals surface area contributed by atoms with E-state index in [9.17, 15) is 5.11 Å². The highest BCUT2D eigenvalue weighted by Gasteiger charge is 2.20. The molecule has 0 bridgehead atoms. The van der Waals surface area contributed by atoms with Crippen LogP contribution in [-0.4, -0.2) is 36.2 Å². The van der Waals surface area contributed by atoms with Gasteiger partial charge in [0.25, 0.3) is 0 Å². The summed E-state index contributed by atoms with van der Waals surface area (Å²) in [7, 11) is 4.73. The minimum Gasteiger partial charge on any atom is -0.507 e. The molecular formula is C24H22N2O4. The molecule has 0 fully saturated rings. The number of methoxy groups -OCH3 is 3. The summed E-state index contributed by atoms with van der Waals surface area (Å²) in [4.78, 5) is 0. The first-order valence-electron chi connectivity index (χ1n) is 9.40. The van der Waals surface area contributed by atoms with Crippen LogP contribution in [0.4, 0.5) is 0 Å². The van der Waals surface area contributed by atoms with Gasteiger partial charge in [-0.1, -0.05) is 30.3 Å². The molecule has 152 valence electrons. The fraction of sp³-hybridized carbons (Fsp3) is 0.125. The summed E-state index contributed by atoms with van der Waals surface area (Å²) < 4.78 is 18.0. The Morgan fingerprint density at radius 1 is 0.767 bits per heavy atom. The molecule has 0 unspecified atom stereocenters. The Kier molecular flexibility index (Phi) is 5.30. The van der Waals surface area contributed by atoms with Crippen molar-refractivity contribution in [1.29, 1.82) is 0 Å². The molecule has 30 heavy (non-hydrogen) atoms. The average Bonchev–Trinajstić information content (AvgIpc) is 3.24. The first kappa shape index (κ1) is 19.4. The number of aromatic hydroxyl groups is 1. The van der Waals surface area contributed by atoms with Gasteiger partial charge in [0.1, 0.15) is 28.7 Å². The molecule has 4 aromatic rings. The van der Waals surface area contributed by atoms with Crippen LogP contribution in [0.5, 0.6) is 23.0 Å². The SMILES string of the molecule is COc1cccc(-c2cc(-c3c(O)cc(OC)cc3OC)nn2-c2ccccc2)c1. The van der Waals surface area contributed by atoms with Crippen molar-refractivity contribution in [2.45, 2.75) is 0 Å². The molecule has 3 aromatic carbocycles. The lowest BCUT2D eigenvalue weighted by Gasteiger charge is -2.11. The van der Waals surface area contributed by atoms with Gasteiger partial charge in [-0.2, -0.15) is 5.10 Å². The van der Waals surface area contributed by atoms with Crippen LogP contribution < -0.4 is 14.2 Å². The fourth-order valence-corrected chi connectivity index (χ4v) is 3.37. The number of benzene rings is 3. The van der Waals surface area contributed by atoms with Gasteiger partial charge in [-0.25, -0.2) is 4.68 Å². The van der Waals surface area contributed by atoms with Crippen molar-refractivity contribution in [3.63, 3.8) is 0 Å². The molecular weight excluding hydrogens is 380 g/mol. The van der Waals surface area contributed by atoms with Gasteiger partial charge in [0.05, 0.1) is 38.3 Å². The average molecular weight is 402 g/mol. The van der Waals surface area contributed by atoms with Gasteiger partial charge in [-0.15, -0.1) is 0 Å². The summed E-state index contributed by atoms with van der Waals surface area (Å²) >= 11 is 0. The molecule has 0 radical (unpaired) electrons. The lowest BCUT2D eigenvalue weighted by Crippen LogP contribution is -1.99. The van der Waals surface area contributed by atoms with Gasteiger partial charge in [0.15, 0.2) is 0 Å². The molecule has 1 heterocycles. The van der Waals surface area contributed by atoms with Crippen molar-refractivity contribution in [2.75, 3.05) is 21.3 Å². The van der Waals surface area contributed by atoms with Crippen LogP contribution in [0.2, 0.25) is 0 Å². The van der Waals surface area contributed by atoms with E-state index in [-0.39, 0.29) is 5.75 Å². The van der Waals surface area contributed by atoms with Crippen LogP contribution in [0.3, 0.4) is 0 Å². The predicted octanol–water partition coefficient (Wildman–Crippen LogP) is 4.94. The van der Waals surface area contributed by atoms with E-state index >= 15 is 0 Å². The second kappa shape index (κ2) is 8.21. The van der Waals surface area contributed by atoms with Gasteiger partial charge >= 0.3 is 0 Å². The molecule has 6 nitrogen and oxygen atoms in total. The third kappa shape index (κ3) is 3.55. The van der Waals surface area contributed by atoms with E-state index in [4.69, 9.17) is 19.3 Å². The Hall–Kier alpha value is -3.93. The van der Waals surface area contributed by atoms with Crippen LogP contribution in [0.25, 0.3) is 28.2 Å². The second-order valence-corrected chi connectivity index (χ2v) is 6.62. The number of phenolic OH excluding ortho intramolecular Hbond substituents is 1. The fourth-order valence-electron chi connectivity index (χ4n) is 3.37. The highest BCUT2D eigenvalue weighted by Crippen LogP contribution is 2.42. The summed E-state index contributed by atoms with van der Waals surface area (Å²) in [5, 5.41) is 15.5. The molecule has 4 rings (SSSR count). The summed E-state index contributed by atoms with van der Waals surface area (Å²) in [6, 6.07) is 22.8. The van der Waals surface area contributed by atoms with Crippen molar-refractivity contribution in [2.24, 2.45) is 0 Å². The van der Waals surface area contributed by atoms with E-state index in [1.165, 1.54) is 0 Å². The maximum Gasteiger partial charge on any atom is 0.135 e. The number of nitrogens with zero attached hydrogens (tertiary/aromatic N) is 2. The number of hydrogen-bond donors (Lipinski definition) is 1. The van der Waals surface area contributed by atoms with Crippen LogP contribution >= 0.6 is 0 Å². The van der Waals surface area contributed by atoms with E-state index in [1.54, 1.807) is 33.5 Å². The van der Waals surface area contributed by atoms with E-state index in [1.807, 2.05) is 65.3 Å². The van der Waals surface area contributed by atoms with Crippen molar-refractivity contribution in [1.82, 2.24) is 9.78 Å². The number of para-hydroxylation sites is 1. The molecule has 0 atom stereocenters. The van der Waals surface area contributed by atoms with Crippen LogP contribution in [0.15, 0.2) is 72.8 Å². The van der Waals surface area contributed by atoms with E-state index < -0.39 is 0 Å². The number of aromatic nitrogens is 2. The first-order chi connectivity index (χ1) is 14.6. The highest BCUT2D eigenvalue weighted by atomic mass is 16.5. The molecule has 6 heteroatoms. The van der Waals surface area contributed by atoms with Crippen LogP contribution in [0.1, 0.15) is 0 Å². The van der Waals surface area contributed by atoms with E-state index in [0.29, 0.717) is 22.8 Å². The number of ether oxygens (including phenoxy) is 3. The minimum absolute atomic E-state index is 0.0288. The van der Waals surface area contributed by atoms with Crippen LogP contribution in [0, 0.1) is 0 Å². The smallest absolute Gasteiger partial charge is 0.135 e. The van der Waals surface area contributed by atoms with Gasteiger partial charge in [-0.05, 0) is 30.3 Å². The van der Waals surface area contributed by atoms with Gasteiger partial charge < -0.3 is 19.3 Å². The van der Waals surface area contributed by atoms with Crippen molar-refractivity contribution < 1.29 is 19.3 Å². The highest BCUT2D eigenvalue weighted by molar-refractivity contribution is 5.79. The third-order valence-electron chi connectivity index (χ3n) is 4.84. The zero-order valence-electron chi connectivity index (χ0n) is 17.0. The van der Waals surface area contributed by atoms with Crippen molar-refractivity contribution in [3.8, 4) is 51.2 Å². The molecule has 1 N–H and O–H groups in total. The Morgan fingerprint density at radius 3 is 2.23 bits per heavy atom. The summed E-state index contributed by atoms with van der Waals surface area (Å²) in [6.07, 6.45) is 0. The van der Waals surface area contributed by atoms with Gasteiger partial charge in [0.2, 0.25) is 0 Å². The normalized spacial score (nSPS) is 10.6. The zero-order chi connectivity index (χ0) is 21.1. The zero-order valence-corrected chi connectivity index (χ0v) is 17.0. The number of rotatable bonds is 6. The number of hydrogen-bond acceptors (Lipinski definition) is 5. The molecule has 0 aliphatic carbocycles. The molecule has 0 saturated carbocycles. The Balaban J connectivity index is 1.95. The quantitative estimate of drug-likeness (QED) is 0.495. The Bertz CT molecular complexity index is 1170. The lowest BCUT2D eigenvalue weighted by atomic mass is 10.1. The third-order valence-corrected chi connectivity index (χ3v) is 4.84. The molecule has 1 aromatic heterocycles. The topological polar surface area (TPSA) is 65.7 Å². The summed E-state index contributed by atoms with van der Waals surface area (Å²) in [5.41, 5.74) is 3.76. The first-order valence-corrected chi connectivity index (χ1v) is 9.40. The van der Waals surface area contributed by atoms with E-state index in [2.05, 4.69) is 0 Å². The molecule has 0 aliphatic rings. The standard InChI is InChI=1S/C24H22N2O4/c1-28-18-11-7-8-16(12-18)21-15-20(25-26(21)17-9-5-4-6-10-17)24-22(27)13-19(29-2)14-23(24)30-3/h4-15,27H,1-3H3. The van der Waals surface area contributed by atoms with Gasteiger partial charge in [0, 0.05) is 17.7 Å². The van der Waals surface area contributed by atoms with Crippen LogP contribution in [-0.2, 0) is 0 Å². The van der Waals surface area contributed by atoms with Crippen molar-refractivity contribution in [3.05, 3.63) is 72.8 Å². The summed E-state index contributed by atoms with van der Waals surface area (Å²) in [6.45, 7) is 0.